The van der Waals surface area contributed by atoms with E-state index in [1.807, 2.05) is 0 Å². The molecule has 1 aromatic carbocycles. The fraction of sp³-hybridized carbons (Fsp3) is 0.381. The zero-order chi connectivity index (χ0) is 20.5. The van der Waals surface area contributed by atoms with Gasteiger partial charge in [-0.05, 0) is 43.5 Å². The molecule has 5 nitrogen and oxygen atoms in total. The largest absolute Gasteiger partial charge is 0.342 e. The van der Waals surface area contributed by atoms with Crippen molar-refractivity contribution in [1.82, 2.24) is 15.0 Å². The van der Waals surface area contributed by atoms with Gasteiger partial charge in [0.05, 0.1) is 17.5 Å². The summed E-state index contributed by atoms with van der Waals surface area (Å²) in [4.78, 5) is 18.8. The van der Waals surface area contributed by atoms with E-state index in [0.29, 0.717) is 24.5 Å². The third-order valence-corrected chi connectivity index (χ3v) is 5.36. The standard InChI is InChI=1S/C21H20F3N3O2/c1-12-19-16(20(23)24)10-17(25-21(19)29-26-12)14-3-2-8-27(11-14)18(28)9-13-4-6-15(22)7-5-13/h4-7,10,14,20H,2-3,8-9,11H2,1H3. The SMILES string of the molecule is Cc1noc2nc(C3CCCN(C(=O)Cc4ccc(F)cc4)C3)cc(C(F)F)c12. The number of fused-ring (bicyclic) bond motifs is 1. The molecule has 1 atom stereocenters. The van der Waals surface area contributed by atoms with Crippen molar-refractivity contribution in [3.8, 4) is 0 Å². The molecule has 1 fully saturated rings. The molecule has 152 valence electrons. The smallest absolute Gasteiger partial charge is 0.264 e. The number of piperidine rings is 1. The van der Waals surface area contributed by atoms with Crippen LogP contribution < -0.4 is 0 Å². The Morgan fingerprint density at radius 2 is 2.07 bits per heavy atom. The summed E-state index contributed by atoms with van der Waals surface area (Å²) in [6.45, 7) is 2.60. The number of alkyl halides is 2. The number of amides is 1. The van der Waals surface area contributed by atoms with Crippen LogP contribution in [0.15, 0.2) is 34.9 Å². The second-order valence-corrected chi connectivity index (χ2v) is 7.37. The van der Waals surface area contributed by atoms with E-state index in [-0.39, 0.29) is 40.7 Å². The summed E-state index contributed by atoms with van der Waals surface area (Å²) < 4.78 is 45.4. The minimum absolute atomic E-state index is 0.0769. The number of likely N-dealkylation sites (tertiary alicyclic amines) is 1. The molecule has 29 heavy (non-hydrogen) atoms. The molecule has 1 amide bonds. The van der Waals surface area contributed by atoms with Crippen LogP contribution in [-0.2, 0) is 11.2 Å². The highest BCUT2D eigenvalue weighted by molar-refractivity contribution is 5.81. The normalized spacial score (nSPS) is 17.3. The number of aryl methyl sites for hydroxylation is 1. The highest BCUT2D eigenvalue weighted by atomic mass is 19.3. The number of hydrogen-bond acceptors (Lipinski definition) is 4. The first-order chi connectivity index (χ1) is 13.9. The quantitative estimate of drug-likeness (QED) is 0.641. The zero-order valence-electron chi connectivity index (χ0n) is 15.9. The maximum absolute atomic E-state index is 13.6. The van der Waals surface area contributed by atoms with E-state index in [9.17, 15) is 18.0 Å². The molecule has 3 aromatic rings. The number of carbonyl (C=O) groups is 1. The Bertz CT molecular complexity index is 1030. The van der Waals surface area contributed by atoms with Crippen molar-refractivity contribution < 1.29 is 22.5 Å². The van der Waals surface area contributed by atoms with E-state index in [1.165, 1.54) is 18.2 Å². The molecule has 1 saturated heterocycles. The molecule has 0 spiro atoms. The van der Waals surface area contributed by atoms with Crippen LogP contribution in [0.25, 0.3) is 11.1 Å². The van der Waals surface area contributed by atoms with Crippen LogP contribution in [-0.4, -0.2) is 34.0 Å². The minimum atomic E-state index is -2.67. The lowest BCUT2D eigenvalue weighted by Crippen LogP contribution is -2.40. The van der Waals surface area contributed by atoms with Crippen LogP contribution in [0.4, 0.5) is 13.2 Å². The van der Waals surface area contributed by atoms with Crippen LogP contribution in [0.3, 0.4) is 0 Å². The van der Waals surface area contributed by atoms with Gasteiger partial charge < -0.3 is 9.42 Å². The van der Waals surface area contributed by atoms with Gasteiger partial charge in [0, 0.05) is 30.3 Å². The number of hydrogen-bond donors (Lipinski definition) is 0. The van der Waals surface area contributed by atoms with Gasteiger partial charge in [-0.15, -0.1) is 0 Å². The molecular formula is C21H20F3N3O2. The zero-order valence-corrected chi connectivity index (χ0v) is 15.9. The predicted octanol–water partition coefficient (Wildman–Crippen LogP) is 4.56. The first kappa shape index (κ1) is 19.4. The van der Waals surface area contributed by atoms with Gasteiger partial charge in [-0.3, -0.25) is 4.79 Å². The molecule has 0 aliphatic carbocycles. The predicted molar refractivity (Wildman–Crippen MR) is 100 cm³/mol. The Morgan fingerprint density at radius 3 is 2.79 bits per heavy atom. The van der Waals surface area contributed by atoms with Crippen molar-refractivity contribution in [2.75, 3.05) is 13.1 Å². The highest BCUT2D eigenvalue weighted by Crippen LogP contribution is 2.34. The van der Waals surface area contributed by atoms with Gasteiger partial charge >= 0.3 is 0 Å². The molecular weight excluding hydrogens is 383 g/mol. The Labute approximate surface area is 165 Å². The number of halogens is 3. The van der Waals surface area contributed by atoms with Crippen molar-refractivity contribution >= 4 is 17.0 Å². The summed E-state index contributed by atoms with van der Waals surface area (Å²) >= 11 is 0. The maximum Gasteiger partial charge on any atom is 0.264 e. The second kappa shape index (κ2) is 7.85. The number of rotatable bonds is 4. The first-order valence-electron chi connectivity index (χ1n) is 9.49. The Hall–Kier alpha value is -2.90. The fourth-order valence-electron chi connectivity index (χ4n) is 3.86. The van der Waals surface area contributed by atoms with E-state index >= 15 is 0 Å². The van der Waals surface area contributed by atoms with Crippen molar-refractivity contribution in [3.05, 3.63) is 58.7 Å². The van der Waals surface area contributed by atoms with E-state index in [0.717, 1.165) is 18.4 Å². The number of nitrogens with zero attached hydrogens (tertiary/aromatic N) is 3. The number of benzene rings is 1. The van der Waals surface area contributed by atoms with Crippen molar-refractivity contribution in [2.24, 2.45) is 0 Å². The van der Waals surface area contributed by atoms with Crippen molar-refractivity contribution in [1.29, 1.82) is 0 Å². The summed E-state index contributed by atoms with van der Waals surface area (Å²) in [6.07, 6.45) is -1.01. The van der Waals surface area contributed by atoms with E-state index in [4.69, 9.17) is 4.52 Å². The molecule has 0 bridgehead atoms. The molecule has 8 heteroatoms. The van der Waals surface area contributed by atoms with Gasteiger partial charge in [-0.25, -0.2) is 18.2 Å². The van der Waals surface area contributed by atoms with E-state index in [2.05, 4.69) is 10.1 Å². The van der Waals surface area contributed by atoms with Crippen LogP contribution in [0, 0.1) is 12.7 Å². The average molecular weight is 403 g/mol. The maximum atomic E-state index is 13.6. The molecule has 1 aliphatic heterocycles. The summed E-state index contributed by atoms with van der Waals surface area (Å²) in [5.74, 6) is -0.585. The lowest BCUT2D eigenvalue weighted by atomic mass is 9.92. The minimum Gasteiger partial charge on any atom is -0.342 e. The Kier molecular flexibility index (Phi) is 5.25. The van der Waals surface area contributed by atoms with Gasteiger partial charge in [0.1, 0.15) is 5.82 Å². The lowest BCUT2D eigenvalue weighted by Gasteiger charge is -2.32. The van der Waals surface area contributed by atoms with Crippen LogP contribution >= 0.6 is 0 Å². The molecule has 0 N–H and O–H groups in total. The molecule has 0 saturated carbocycles. The summed E-state index contributed by atoms with van der Waals surface area (Å²) in [7, 11) is 0. The summed E-state index contributed by atoms with van der Waals surface area (Å²) in [5.41, 5.74) is 1.57. The Balaban J connectivity index is 1.55. The van der Waals surface area contributed by atoms with Crippen molar-refractivity contribution in [2.45, 2.75) is 38.5 Å². The molecule has 2 aromatic heterocycles. The van der Waals surface area contributed by atoms with Crippen molar-refractivity contribution in [3.63, 3.8) is 0 Å². The second-order valence-electron chi connectivity index (χ2n) is 7.37. The Morgan fingerprint density at radius 1 is 1.31 bits per heavy atom. The summed E-state index contributed by atoms with van der Waals surface area (Å²) in [6, 6.07) is 7.24. The molecule has 4 rings (SSSR count). The van der Waals surface area contributed by atoms with E-state index < -0.39 is 6.43 Å². The fourth-order valence-corrected chi connectivity index (χ4v) is 3.86. The molecule has 1 aliphatic rings. The number of carbonyl (C=O) groups excluding carboxylic acids is 1. The third-order valence-electron chi connectivity index (χ3n) is 5.36. The monoisotopic (exact) mass is 403 g/mol. The van der Waals surface area contributed by atoms with Gasteiger partial charge in [0.25, 0.3) is 12.1 Å². The molecule has 0 radical (unpaired) electrons. The number of aromatic nitrogens is 2. The molecule has 1 unspecified atom stereocenters. The van der Waals surface area contributed by atoms with Gasteiger partial charge in [-0.1, -0.05) is 17.3 Å². The average Bonchev–Trinajstić information content (AvgIpc) is 3.10. The molecule has 3 heterocycles. The van der Waals surface area contributed by atoms with E-state index in [1.54, 1.807) is 24.0 Å². The van der Waals surface area contributed by atoms with Gasteiger partial charge in [0.15, 0.2) is 0 Å². The number of pyridine rings is 1. The van der Waals surface area contributed by atoms with Crippen LogP contribution in [0.1, 0.15) is 47.7 Å². The first-order valence-corrected chi connectivity index (χ1v) is 9.49. The third kappa shape index (κ3) is 3.97. The topological polar surface area (TPSA) is 59.2 Å². The van der Waals surface area contributed by atoms with Gasteiger partial charge in [0.2, 0.25) is 5.91 Å². The highest BCUT2D eigenvalue weighted by Gasteiger charge is 2.28. The van der Waals surface area contributed by atoms with Crippen LogP contribution in [0.5, 0.6) is 0 Å². The summed E-state index contributed by atoms with van der Waals surface area (Å²) in [5, 5.41) is 4.01. The van der Waals surface area contributed by atoms with Gasteiger partial charge in [-0.2, -0.15) is 0 Å². The lowest BCUT2D eigenvalue weighted by molar-refractivity contribution is -0.131. The van der Waals surface area contributed by atoms with Crippen LogP contribution in [0.2, 0.25) is 0 Å².